The second kappa shape index (κ2) is 2.88. The highest BCUT2D eigenvalue weighted by Crippen LogP contribution is 2.07. The zero-order valence-electron chi connectivity index (χ0n) is 4.93. The summed E-state index contributed by atoms with van der Waals surface area (Å²) in [6.45, 7) is 0. The minimum atomic E-state index is 0.497. The van der Waals surface area contributed by atoms with Crippen molar-refractivity contribution in [3.8, 4) is 0 Å². The van der Waals surface area contributed by atoms with E-state index < -0.39 is 0 Å². The molecule has 9 heavy (non-hydrogen) atoms. The predicted octanol–water partition coefficient (Wildman–Crippen LogP) is 1.76. The maximum atomic E-state index is 5.53. The molecule has 0 saturated carbocycles. The van der Waals surface area contributed by atoms with Crippen molar-refractivity contribution in [2.45, 2.75) is 5.88 Å². The van der Waals surface area contributed by atoms with E-state index in [1.54, 1.807) is 4.68 Å². The molecule has 1 aromatic heterocycles. The molecule has 0 atom stereocenters. The Morgan fingerprint density at radius 2 is 2.56 bits per heavy atom. The summed E-state index contributed by atoms with van der Waals surface area (Å²) >= 11 is 7.74. The summed E-state index contributed by atoms with van der Waals surface area (Å²) in [5.74, 6) is 0.497. The Bertz CT molecular complexity index is 189. The number of alkyl halides is 1. The van der Waals surface area contributed by atoms with Gasteiger partial charge in [0, 0.05) is 7.05 Å². The highest BCUT2D eigenvalue weighted by Gasteiger charge is 1.98. The molecular formula is C5H6ClIN2. The monoisotopic (exact) mass is 256 g/mol. The van der Waals surface area contributed by atoms with E-state index in [0.717, 1.165) is 9.39 Å². The molecule has 50 valence electrons. The van der Waals surface area contributed by atoms with Crippen molar-refractivity contribution in [2.24, 2.45) is 7.05 Å². The van der Waals surface area contributed by atoms with Crippen LogP contribution in [0.25, 0.3) is 0 Å². The smallest absolute Gasteiger partial charge is 0.0989 e. The highest BCUT2D eigenvalue weighted by atomic mass is 127. The fourth-order valence-electron chi connectivity index (χ4n) is 0.566. The number of aryl methyl sites for hydroxylation is 1. The normalized spacial score (nSPS) is 10.1. The SMILES string of the molecule is Cn1nc(CCl)cc1I. The molecular weight excluding hydrogens is 250 g/mol. The average Bonchev–Trinajstić information content (AvgIpc) is 2.13. The molecule has 0 unspecified atom stereocenters. The molecule has 0 saturated heterocycles. The van der Waals surface area contributed by atoms with Crippen molar-refractivity contribution in [1.82, 2.24) is 9.78 Å². The maximum absolute atomic E-state index is 5.53. The van der Waals surface area contributed by atoms with Gasteiger partial charge >= 0.3 is 0 Å². The van der Waals surface area contributed by atoms with Gasteiger partial charge in [0.1, 0.15) is 0 Å². The second-order valence-corrected chi connectivity index (χ2v) is 3.09. The van der Waals surface area contributed by atoms with Crippen LogP contribution in [0.15, 0.2) is 6.07 Å². The van der Waals surface area contributed by atoms with Gasteiger partial charge in [-0.05, 0) is 28.7 Å². The third kappa shape index (κ3) is 1.58. The van der Waals surface area contributed by atoms with Crippen LogP contribution in [0.3, 0.4) is 0 Å². The Morgan fingerprint density at radius 3 is 2.78 bits per heavy atom. The molecule has 0 aliphatic carbocycles. The van der Waals surface area contributed by atoms with Crippen LogP contribution in [0.5, 0.6) is 0 Å². The number of halogens is 2. The van der Waals surface area contributed by atoms with Crippen LogP contribution in [-0.4, -0.2) is 9.78 Å². The summed E-state index contributed by atoms with van der Waals surface area (Å²) in [5.41, 5.74) is 0.934. The van der Waals surface area contributed by atoms with Gasteiger partial charge in [-0.15, -0.1) is 11.6 Å². The van der Waals surface area contributed by atoms with Crippen LogP contribution in [0, 0.1) is 3.70 Å². The van der Waals surface area contributed by atoms with Crippen molar-refractivity contribution in [3.05, 3.63) is 15.5 Å². The third-order valence-corrected chi connectivity index (χ3v) is 2.29. The van der Waals surface area contributed by atoms with E-state index in [4.69, 9.17) is 11.6 Å². The molecule has 0 radical (unpaired) electrons. The second-order valence-electron chi connectivity index (χ2n) is 1.72. The Kier molecular flexibility index (Phi) is 2.35. The summed E-state index contributed by atoms with van der Waals surface area (Å²) in [4.78, 5) is 0. The minimum absolute atomic E-state index is 0.497. The van der Waals surface area contributed by atoms with Crippen molar-refractivity contribution < 1.29 is 0 Å². The Labute approximate surface area is 72.3 Å². The van der Waals surface area contributed by atoms with Gasteiger partial charge in [-0.25, -0.2) is 0 Å². The van der Waals surface area contributed by atoms with Crippen LogP contribution >= 0.6 is 34.2 Å². The van der Waals surface area contributed by atoms with Crippen molar-refractivity contribution in [3.63, 3.8) is 0 Å². The molecule has 1 heterocycles. The molecule has 0 aromatic carbocycles. The van der Waals surface area contributed by atoms with Crippen molar-refractivity contribution in [2.75, 3.05) is 0 Å². The van der Waals surface area contributed by atoms with Gasteiger partial charge in [0.05, 0.1) is 15.3 Å². The lowest BCUT2D eigenvalue weighted by atomic mass is 10.5. The highest BCUT2D eigenvalue weighted by molar-refractivity contribution is 14.1. The topological polar surface area (TPSA) is 17.8 Å². The molecule has 2 nitrogen and oxygen atoms in total. The Hall–Kier alpha value is 0.230. The number of hydrogen-bond acceptors (Lipinski definition) is 1. The maximum Gasteiger partial charge on any atom is 0.0989 e. The first-order valence-corrected chi connectivity index (χ1v) is 4.09. The molecule has 0 fully saturated rings. The number of aromatic nitrogens is 2. The van der Waals surface area contributed by atoms with Crippen LogP contribution < -0.4 is 0 Å². The fourth-order valence-corrected chi connectivity index (χ4v) is 1.16. The molecule has 0 spiro atoms. The standard InChI is InChI=1S/C5H6ClIN2/c1-9-5(7)2-4(3-6)8-9/h2H,3H2,1H3. The average molecular weight is 256 g/mol. The summed E-state index contributed by atoms with van der Waals surface area (Å²) in [6, 6.07) is 1.97. The first-order chi connectivity index (χ1) is 4.24. The summed E-state index contributed by atoms with van der Waals surface area (Å²) < 4.78 is 2.92. The summed E-state index contributed by atoms with van der Waals surface area (Å²) in [6.07, 6.45) is 0. The molecule has 0 N–H and O–H groups in total. The third-order valence-electron chi connectivity index (χ3n) is 1.01. The lowest BCUT2D eigenvalue weighted by Crippen LogP contribution is -1.92. The van der Waals surface area contributed by atoms with Gasteiger partial charge in [0.25, 0.3) is 0 Å². The van der Waals surface area contributed by atoms with E-state index in [2.05, 4.69) is 27.7 Å². The lowest BCUT2D eigenvalue weighted by molar-refractivity contribution is 0.736. The van der Waals surface area contributed by atoms with E-state index >= 15 is 0 Å². The lowest BCUT2D eigenvalue weighted by Gasteiger charge is -1.86. The fraction of sp³-hybridized carbons (Fsp3) is 0.400. The molecule has 0 bridgehead atoms. The van der Waals surface area contributed by atoms with E-state index in [1.807, 2.05) is 13.1 Å². The number of rotatable bonds is 1. The largest absolute Gasteiger partial charge is 0.262 e. The summed E-state index contributed by atoms with van der Waals surface area (Å²) in [5, 5.41) is 4.11. The van der Waals surface area contributed by atoms with Crippen LogP contribution in [0.1, 0.15) is 5.69 Å². The minimum Gasteiger partial charge on any atom is -0.262 e. The van der Waals surface area contributed by atoms with Crippen LogP contribution in [0.2, 0.25) is 0 Å². The Balaban J connectivity index is 2.98. The van der Waals surface area contributed by atoms with Gasteiger partial charge in [0.15, 0.2) is 0 Å². The molecule has 1 rings (SSSR count). The van der Waals surface area contributed by atoms with E-state index in [-0.39, 0.29) is 0 Å². The van der Waals surface area contributed by atoms with E-state index in [0.29, 0.717) is 5.88 Å². The van der Waals surface area contributed by atoms with Gasteiger partial charge in [-0.3, -0.25) is 4.68 Å². The van der Waals surface area contributed by atoms with Crippen LogP contribution in [0.4, 0.5) is 0 Å². The van der Waals surface area contributed by atoms with Gasteiger partial charge in [-0.1, -0.05) is 0 Å². The van der Waals surface area contributed by atoms with Gasteiger partial charge < -0.3 is 0 Å². The predicted molar refractivity (Wildman–Crippen MR) is 45.5 cm³/mol. The zero-order chi connectivity index (χ0) is 6.85. The van der Waals surface area contributed by atoms with E-state index in [9.17, 15) is 0 Å². The zero-order valence-corrected chi connectivity index (χ0v) is 7.85. The molecule has 0 aliphatic heterocycles. The first-order valence-electron chi connectivity index (χ1n) is 2.48. The van der Waals surface area contributed by atoms with Gasteiger partial charge in [-0.2, -0.15) is 5.10 Å². The van der Waals surface area contributed by atoms with Crippen molar-refractivity contribution >= 4 is 34.2 Å². The van der Waals surface area contributed by atoms with Crippen molar-refractivity contribution in [1.29, 1.82) is 0 Å². The number of hydrogen-bond donors (Lipinski definition) is 0. The van der Waals surface area contributed by atoms with Crippen LogP contribution in [-0.2, 0) is 12.9 Å². The van der Waals surface area contributed by atoms with E-state index in [1.165, 1.54) is 0 Å². The molecule has 1 aromatic rings. The number of nitrogens with zero attached hydrogens (tertiary/aromatic N) is 2. The molecule has 0 aliphatic rings. The molecule has 4 heteroatoms. The van der Waals surface area contributed by atoms with Gasteiger partial charge in [0.2, 0.25) is 0 Å². The Morgan fingerprint density at radius 1 is 1.89 bits per heavy atom. The quantitative estimate of drug-likeness (QED) is 0.553. The molecule has 0 amide bonds. The first kappa shape index (κ1) is 7.34. The summed E-state index contributed by atoms with van der Waals surface area (Å²) in [7, 11) is 1.90.